The smallest absolute Gasteiger partial charge is 0.129 e. The first-order valence-corrected chi connectivity index (χ1v) is 5.93. The lowest BCUT2D eigenvalue weighted by Gasteiger charge is -2.03. The Morgan fingerprint density at radius 2 is 2.06 bits per heavy atom. The standard InChI is InChI=1S/C14H18O2/c1-11(15)4-2-3-5-12-6-7-13-9-16-10-14(13)8-12/h6-8H,2-5,9-10H2,1H3. The lowest BCUT2D eigenvalue weighted by molar-refractivity contribution is -0.117. The molecule has 2 rings (SSSR count). The zero-order chi connectivity index (χ0) is 11.4. The number of ketones is 1. The van der Waals surface area contributed by atoms with Crippen molar-refractivity contribution in [3.63, 3.8) is 0 Å². The van der Waals surface area contributed by atoms with Crippen LogP contribution in [0.15, 0.2) is 18.2 Å². The predicted octanol–water partition coefficient (Wildman–Crippen LogP) is 3.02. The van der Waals surface area contributed by atoms with Crippen LogP contribution >= 0.6 is 0 Å². The number of rotatable bonds is 5. The number of ether oxygens (including phenoxy) is 1. The van der Waals surface area contributed by atoms with Gasteiger partial charge in [-0.15, -0.1) is 0 Å². The third-order valence-corrected chi connectivity index (χ3v) is 3.03. The molecule has 0 saturated carbocycles. The van der Waals surface area contributed by atoms with Crippen LogP contribution in [0.5, 0.6) is 0 Å². The number of carbonyl (C=O) groups is 1. The predicted molar refractivity (Wildman–Crippen MR) is 63.2 cm³/mol. The molecule has 1 aliphatic heterocycles. The minimum atomic E-state index is 0.294. The molecule has 1 aromatic carbocycles. The SMILES string of the molecule is CC(=O)CCCCc1ccc2c(c1)COC2. The highest BCUT2D eigenvalue weighted by Gasteiger charge is 2.10. The minimum Gasteiger partial charge on any atom is -0.372 e. The highest BCUT2D eigenvalue weighted by molar-refractivity contribution is 5.75. The molecule has 0 radical (unpaired) electrons. The Labute approximate surface area is 96.6 Å². The monoisotopic (exact) mass is 218 g/mol. The summed E-state index contributed by atoms with van der Waals surface area (Å²) in [5.41, 5.74) is 4.03. The van der Waals surface area contributed by atoms with Gasteiger partial charge in [0, 0.05) is 6.42 Å². The van der Waals surface area contributed by atoms with Crippen molar-refractivity contribution in [2.45, 2.75) is 45.8 Å². The fourth-order valence-corrected chi connectivity index (χ4v) is 2.08. The topological polar surface area (TPSA) is 26.3 Å². The second kappa shape index (κ2) is 5.26. The summed E-state index contributed by atoms with van der Waals surface area (Å²) in [5, 5.41) is 0. The van der Waals surface area contributed by atoms with Gasteiger partial charge in [0.05, 0.1) is 13.2 Å². The van der Waals surface area contributed by atoms with Gasteiger partial charge in [0.1, 0.15) is 5.78 Å². The molecule has 16 heavy (non-hydrogen) atoms. The van der Waals surface area contributed by atoms with Crippen molar-refractivity contribution in [1.82, 2.24) is 0 Å². The van der Waals surface area contributed by atoms with Gasteiger partial charge in [0.2, 0.25) is 0 Å². The molecule has 86 valence electrons. The fourth-order valence-electron chi connectivity index (χ4n) is 2.08. The quantitative estimate of drug-likeness (QED) is 0.710. The number of hydrogen-bond acceptors (Lipinski definition) is 2. The summed E-state index contributed by atoms with van der Waals surface area (Å²) in [6, 6.07) is 6.60. The average molecular weight is 218 g/mol. The van der Waals surface area contributed by atoms with E-state index >= 15 is 0 Å². The molecule has 0 aliphatic carbocycles. The molecule has 2 heteroatoms. The highest BCUT2D eigenvalue weighted by atomic mass is 16.5. The van der Waals surface area contributed by atoms with Crippen molar-refractivity contribution in [1.29, 1.82) is 0 Å². The van der Waals surface area contributed by atoms with Crippen LogP contribution in [0.25, 0.3) is 0 Å². The second-order valence-electron chi connectivity index (χ2n) is 4.50. The molecular formula is C14H18O2. The summed E-state index contributed by atoms with van der Waals surface area (Å²) in [6.07, 6.45) is 3.89. The van der Waals surface area contributed by atoms with E-state index in [1.807, 2.05) is 0 Å². The van der Waals surface area contributed by atoms with E-state index in [9.17, 15) is 4.79 Å². The first-order chi connectivity index (χ1) is 7.75. The molecule has 0 N–H and O–H groups in total. The summed E-state index contributed by atoms with van der Waals surface area (Å²) in [6.45, 7) is 3.18. The van der Waals surface area contributed by atoms with Gasteiger partial charge in [0.15, 0.2) is 0 Å². The number of fused-ring (bicyclic) bond motifs is 1. The van der Waals surface area contributed by atoms with E-state index in [1.54, 1.807) is 6.92 Å². The molecule has 1 aromatic rings. The normalized spacial score (nSPS) is 13.8. The van der Waals surface area contributed by atoms with E-state index in [2.05, 4.69) is 18.2 Å². The molecule has 1 heterocycles. The van der Waals surface area contributed by atoms with Gasteiger partial charge >= 0.3 is 0 Å². The molecule has 1 aliphatic rings. The first kappa shape index (κ1) is 11.3. The zero-order valence-electron chi connectivity index (χ0n) is 9.79. The van der Waals surface area contributed by atoms with Crippen LogP contribution in [0.2, 0.25) is 0 Å². The van der Waals surface area contributed by atoms with Crippen molar-refractivity contribution < 1.29 is 9.53 Å². The van der Waals surface area contributed by atoms with Gasteiger partial charge in [-0.2, -0.15) is 0 Å². The maximum absolute atomic E-state index is 10.8. The maximum Gasteiger partial charge on any atom is 0.129 e. The Hall–Kier alpha value is -1.15. The van der Waals surface area contributed by atoms with E-state index in [4.69, 9.17) is 4.74 Å². The first-order valence-electron chi connectivity index (χ1n) is 5.93. The summed E-state index contributed by atoms with van der Waals surface area (Å²) in [4.78, 5) is 10.8. The number of unbranched alkanes of at least 4 members (excludes halogenated alkanes) is 1. The highest BCUT2D eigenvalue weighted by Crippen LogP contribution is 2.21. The van der Waals surface area contributed by atoms with E-state index in [-0.39, 0.29) is 0 Å². The van der Waals surface area contributed by atoms with Gasteiger partial charge < -0.3 is 9.53 Å². The average Bonchev–Trinajstić information content (AvgIpc) is 2.71. The summed E-state index contributed by atoms with van der Waals surface area (Å²) in [5.74, 6) is 0.294. The molecule has 0 amide bonds. The fraction of sp³-hybridized carbons (Fsp3) is 0.500. The molecule has 0 unspecified atom stereocenters. The van der Waals surface area contributed by atoms with Gasteiger partial charge in [-0.3, -0.25) is 0 Å². The second-order valence-corrected chi connectivity index (χ2v) is 4.50. The third kappa shape index (κ3) is 2.92. The van der Waals surface area contributed by atoms with Crippen LogP contribution < -0.4 is 0 Å². The lowest BCUT2D eigenvalue weighted by atomic mass is 10.0. The Balaban J connectivity index is 1.83. The third-order valence-electron chi connectivity index (χ3n) is 3.03. The molecule has 0 bridgehead atoms. The van der Waals surface area contributed by atoms with E-state index in [0.29, 0.717) is 12.2 Å². The molecule has 0 fully saturated rings. The number of aryl methyl sites for hydroxylation is 1. The van der Waals surface area contributed by atoms with E-state index in [1.165, 1.54) is 16.7 Å². The number of carbonyl (C=O) groups excluding carboxylic acids is 1. The molecule has 0 atom stereocenters. The van der Waals surface area contributed by atoms with Gasteiger partial charge in [-0.25, -0.2) is 0 Å². The van der Waals surface area contributed by atoms with Crippen LogP contribution in [0.4, 0.5) is 0 Å². The van der Waals surface area contributed by atoms with Crippen molar-refractivity contribution >= 4 is 5.78 Å². The minimum absolute atomic E-state index is 0.294. The van der Waals surface area contributed by atoms with Crippen LogP contribution in [-0.2, 0) is 29.2 Å². The summed E-state index contributed by atoms with van der Waals surface area (Å²) < 4.78 is 5.38. The number of Topliss-reactive ketones (excluding diaryl/α,β-unsaturated/α-hetero) is 1. The molecule has 0 spiro atoms. The van der Waals surface area contributed by atoms with Crippen molar-refractivity contribution in [2.24, 2.45) is 0 Å². The van der Waals surface area contributed by atoms with E-state index < -0.39 is 0 Å². The van der Waals surface area contributed by atoms with Crippen molar-refractivity contribution in [3.05, 3.63) is 34.9 Å². The molecule has 0 aromatic heterocycles. The zero-order valence-corrected chi connectivity index (χ0v) is 9.79. The Kier molecular flexibility index (Phi) is 3.73. The van der Waals surface area contributed by atoms with Crippen molar-refractivity contribution in [3.8, 4) is 0 Å². The van der Waals surface area contributed by atoms with Crippen LogP contribution in [-0.4, -0.2) is 5.78 Å². The number of benzene rings is 1. The Morgan fingerprint density at radius 3 is 2.88 bits per heavy atom. The largest absolute Gasteiger partial charge is 0.372 e. The maximum atomic E-state index is 10.8. The van der Waals surface area contributed by atoms with Crippen LogP contribution in [0.3, 0.4) is 0 Å². The van der Waals surface area contributed by atoms with E-state index in [0.717, 1.165) is 32.5 Å². The summed E-state index contributed by atoms with van der Waals surface area (Å²) in [7, 11) is 0. The summed E-state index contributed by atoms with van der Waals surface area (Å²) >= 11 is 0. The molecule has 2 nitrogen and oxygen atoms in total. The Morgan fingerprint density at radius 1 is 1.25 bits per heavy atom. The van der Waals surface area contributed by atoms with Crippen molar-refractivity contribution in [2.75, 3.05) is 0 Å². The van der Waals surface area contributed by atoms with Crippen LogP contribution in [0, 0.1) is 0 Å². The Bertz CT molecular complexity index is 382. The number of hydrogen-bond donors (Lipinski definition) is 0. The lowest BCUT2D eigenvalue weighted by Crippen LogP contribution is -1.93. The van der Waals surface area contributed by atoms with Gasteiger partial charge in [-0.1, -0.05) is 18.2 Å². The molecular weight excluding hydrogens is 200 g/mol. The van der Waals surface area contributed by atoms with Gasteiger partial charge in [-0.05, 0) is 42.9 Å². The molecule has 0 saturated heterocycles. The van der Waals surface area contributed by atoms with Crippen LogP contribution in [0.1, 0.15) is 42.9 Å². The van der Waals surface area contributed by atoms with Gasteiger partial charge in [0.25, 0.3) is 0 Å².